The highest BCUT2D eigenvalue weighted by atomic mass is 35.5. The number of amides is 3. The Labute approximate surface area is 223 Å². The second kappa shape index (κ2) is 13.0. The van der Waals surface area contributed by atoms with Gasteiger partial charge in [-0.2, -0.15) is 0 Å². The Morgan fingerprint density at radius 1 is 1.11 bits per heavy atom. The average Bonchev–Trinajstić information content (AvgIpc) is 2.85. The van der Waals surface area contributed by atoms with Crippen molar-refractivity contribution in [3.8, 4) is 0 Å². The van der Waals surface area contributed by atoms with Crippen molar-refractivity contribution in [2.45, 2.75) is 70.6 Å². The van der Waals surface area contributed by atoms with E-state index in [4.69, 9.17) is 17.3 Å². The van der Waals surface area contributed by atoms with Crippen molar-refractivity contribution in [2.75, 3.05) is 13.1 Å². The number of halogens is 2. The summed E-state index contributed by atoms with van der Waals surface area (Å²) in [5, 5.41) is 3.46. The molecule has 1 fully saturated rings. The number of hydrogen-bond acceptors (Lipinski definition) is 4. The zero-order valence-corrected chi connectivity index (χ0v) is 22.4. The standard InChI is InChI=1S/C28H36ClFN4O3/c1-4-7-24-28(37)34(25(26(35)32-18(2)3)17-20-8-5-6-9-22(20)29)15-14-33(24)27(36)23(31)16-19-10-12-21(30)13-11-19/h5-6,8-13,18,23-25H,4,7,14-17,31H2,1-3H3,(H,32,35). The Morgan fingerprint density at radius 2 is 1.78 bits per heavy atom. The molecular weight excluding hydrogens is 495 g/mol. The van der Waals surface area contributed by atoms with E-state index in [1.807, 2.05) is 39.0 Å². The van der Waals surface area contributed by atoms with Gasteiger partial charge in [-0.1, -0.05) is 55.3 Å². The summed E-state index contributed by atoms with van der Waals surface area (Å²) in [6, 6.07) is 10.7. The molecule has 1 saturated heterocycles. The Balaban J connectivity index is 1.82. The van der Waals surface area contributed by atoms with Gasteiger partial charge >= 0.3 is 0 Å². The minimum absolute atomic E-state index is 0.102. The zero-order chi connectivity index (χ0) is 27.1. The smallest absolute Gasteiger partial charge is 0.246 e. The molecule has 3 rings (SSSR count). The van der Waals surface area contributed by atoms with Gasteiger partial charge < -0.3 is 20.9 Å². The van der Waals surface area contributed by atoms with Crippen LogP contribution in [0.5, 0.6) is 0 Å². The van der Waals surface area contributed by atoms with E-state index in [-0.39, 0.29) is 55.5 Å². The number of hydrogen-bond donors (Lipinski definition) is 2. The van der Waals surface area contributed by atoms with Crippen molar-refractivity contribution < 1.29 is 18.8 Å². The summed E-state index contributed by atoms with van der Waals surface area (Å²) in [5.41, 5.74) is 7.76. The Bertz CT molecular complexity index is 1100. The molecule has 0 saturated carbocycles. The second-order valence-electron chi connectivity index (χ2n) is 9.78. The molecule has 1 heterocycles. The first-order valence-corrected chi connectivity index (χ1v) is 13.1. The molecule has 3 atom stereocenters. The van der Waals surface area contributed by atoms with Crippen LogP contribution in [0, 0.1) is 5.82 Å². The molecule has 0 bridgehead atoms. The van der Waals surface area contributed by atoms with Crippen LogP contribution in [0.2, 0.25) is 5.02 Å². The number of nitrogens with zero attached hydrogens (tertiary/aromatic N) is 2. The summed E-state index contributed by atoms with van der Waals surface area (Å²) in [7, 11) is 0. The Kier molecular flexibility index (Phi) is 10.1. The van der Waals surface area contributed by atoms with Crippen LogP contribution >= 0.6 is 11.6 Å². The van der Waals surface area contributed by atoms with Gasteiger partial charge in [-0.25, -0.2) is 4.39 Å². The van der Waals surface area contributed by atoms with Gasteiger partial charge in [-0.05, 0) is 56.0 Å². The Morgan fingerprint density at radius 3 is 2.41 bits per heavy atom. The maximum Gasteiger partial charge on any atom is 0.246 e. The van der Waals surface area contributed by atoms with E-state index in [1.165, 1.54) is 12.1 Å². The number of carbonyl (C=O) groups excluding carboxylic acids is 3. The fourth-order valence-corrected chi connectivity index (χ4v) is 4.92. The molecule has 0 spiro atoms. The quantitative estimate of drug-likeness (QED) is 0.492. The lowest BCUT2D eigenvalue weighted by Gasteiger charge is -2.44. The van der Waals surface area contributed by atoms with E-state index in [0.29, 0.717) is 17.9 Å². The van der Waals surface area contributed by atoms with Crippen LogP contribution in [0.3, 0.4) is 0 Å². The lowest BCUT2D eigenvalue weighted by molar-refractivity contribution is -0.156. The summed E-state index contributed by atoms with van der Waals surface area (Å²) in [5.74, 6) is -1.22. The van der Waals surface area contributed by atoms with Crippen LogP contribution in [0.1, 0.15) is 44.7 Å². The summed E-state index contributed by atoms with van der Waals surface area (Å²) < 4.78 is 13.3. The van der Waals surface area contributed by atoms with Crippen LogP contribution in [-0.4, -0.2) is 64.8 Å². The van der Waals surface area contributed by atoms with Gasteiger partial charge in [0.1, 0.15) is 17.9 Å². The molecule has 1 aliphatic rings. The predicted molar refractivity (Wildman–Crippen MR) is 142 cm³/mol. The summed E-state index contributed by atoms with van der Waals surface area (Å²) in [6.07, 6.45) is 1.63. The highest BCUT2D eigenvalue weighted by Gasteiger charge is 2.42. The van der Waals surface area contributed by atoms with E-state index >= 15 is 0 Å². The molecule has 1 aliphatic heterocycles. The van der Waals surface area contributed by atoms with Gasteiger partial charge in [0.05, 0.1) is 6.04 Å². The van der Waals surface area contributed by atoms with Gasteiger partial charge in [0, 0.05) is 30.6 Å². The van der Waals surface area contributed by atoms with E-state index in [0.717, 1.165) is 11.1 Å². The predicted octanol–water partition coefficient (Wildman–Crippen LogP) is 3.32. The lowest BCUT2D eigenvalue weighted by atomic mass is 9.97. The lowest BCUT2D eigenvalue weighted by Crippen LogP contribution is -2.65. The SMILES string of the molecule is CCCC1C(=O)N(C(Cc2ccccc2Cl)C(=O)NC(C)C)CCN1C(=O)C(N)Cc1ccc(F)cc1. The molecule has 0 aliphatic carbocycles. The molecule has 200 valence electrons. The molecule has 9 heteroatoms. The molecule has 2 aromatic carbocycles. The van der Waals surface area contributed by atoms with E-state index < -0.39 is 18.1 Å². The molecule has 3 N–H and O–H groups in total. The van der Waals surface area contributed by atoms with Crippen molar-refractivity contribution in [3.05, 3.63) is 70.5 Å². The molecule has 37 heavy (non-hydrogen) atoms. The van der Waals surface area contributed by atoms with Gasteiger partial charge in [-0.3, -0.25) is 14.4 Å². The van der Waals surface area contributed by atoms with Gasteiger partial charge in [0.25, 0.3) is 0 Å². The van der Waals surface area contributed by atoms with Gasteiger partial charge in [0.15, 0.2) is 0 Å². The highest BCUT2D eigenvalue weighted by Crippen LogP contribution is 2.24. The van der Waals surface area contributed by atoms with Crippen LogP contribution < -0.4 is 11.1 Å². The molecule has 3 unspecified atom stereocenters. The molecule has 7 nitrogen and oxygen atoms in total. The highest BCUT2D eigenvalue weighted by molar-refractivity contribution is 6.31. The fourth-order valence-electron chi connectivity index (χ4n) is 4.70. The van der Waals surface area contributed by atoms with E-state index in [1.54, 1.807) is 28.0 Å². The largest absolute Gasteiger partial charge is 0.352 e. The summed E-state index contributed by atoms with van der Waals surface area (Å²) >= 11 is 6.38. The molecule has 0 radical (unpaired) electrons. The van der Waals surface area contributed by atoms with Crippen molar-refractivity contribution in [1.29, 1.82) is 0 Å². The molecule has 0 aromatic heterocycles. The van der Waals surface area contributed by atoms with Crippen LogP contribution in [0.25, 0.3) is 0 Å². The number of carbonyl (C=O) groups is 3. The topological polar surface area (TPSA) is 95.7 Å². The van der Waals surface area contributed by atoms with Gasteiger partial charge in [0.2, 0.25) is 17.7 Å². The van der Waals surface area contributed by atoms with Crippen molar-refractivity contribution in [3.63, 3.8) is 0 Å². The first-order chi connectivity index (χ1) is 17.6. The Hall–Kier alpha value is -2.97. The van der Waals surface area contributed by atoms with Crippen molar-refractivity contribution in [2.24, 2.45) is 5.73 Å². The number of nitrogens with two attached hydrogens (primary N) is 1. The molecule has 2 aromatic rings. The third kappa shape index (κ3) is 7.29. The van der Waals surface area contributed by atoms with E-state index in [9.17, 15) is 18.8 Å². The second-order valence-corrected chi connectivity index (χ2v) is 10.2. The fraction of sp³-hybridized carbons (Fsp3) is 0.464. The van der Waals surface area contributed by atoms with Gasteiger partial charge in [-0.15, -0.1) is 0 Å². The monoisotopic (exact) mass is 530 g/mol. The first-order valence-electron chi connectivity index (χ1n) is 12.8. The minimum Gasteiger partial charge on any atom is -0.352 e. The third-order valence-electron chi connectivity index (χ3n) is 6.54. The number of benzene rings is 2. The molecular formula is C28H36ClFN4O3. The minimum atomic E-state index is -0.868. The maximum absolute atomic E-state index is 13.8. The van der Waals surface area contributed by atoms with Crippen molar-refractivity contribution in [1.82, 2.24) is 15.1 Å². The normalized spacial score (nSPS) is 17.6. The summed E-state index contributed by atoms with van der Waals surface area (Å²) in [4.78, 5) is 43.5. The number of piperazine rings is 1. The van der Waals surface area contributed by atoms with Crippen LogP contribution in [0.15, 0.2) is 48.5 Å². The zero-order valence-electron chi connectivity index (χ0n) is 21.6. The maximum atomic E-state index is 13.8. The summed E-state index contributed by atoms with van der Waals surface area (Å²) in [6.45, 7) is 6.14. The molecule has 3 amide bonds. The number of rotatable bonds is 10. The first kappa shape index (κ1) is 28.6. The van der Waals surface area contributed by atoms with E-state index in [2.05, 4.69) is 5.32 Å². The number of nitrogens with one attached hydrogen (secondary N) is 1. The van der Waals surface area contributed by atoms with Crippen LogP contribution in [-0.2, 0) is 27.2 Å². The average molecular weight is 531 g/mol. The van der Waals surface area contributed by atoms with Crippen LogP contribution in [0.4, 0.5) is 4.39 Å². The van der Waals surface area contributed by atoms with Crippen molar-refractivity contribution >= 4 is 29.3 Å². The third-order valence-corrected chi connectivity index (χ3v) is 6.91.